The average Bonchev–Trinajstić information content (AvgIpc) is 2.95. The van der Waals surface area contributed by atoms with Crippen LogP contribution >= 0.6 is 34.9 Å². The first-order chi connectivity index (χ1) is 10.5. The molecule has 1 N–H and O–H groups in total. The summed E-state index contributed by atoms with van der Waals surface area (Å²) in [6.45, 7) is 3.71. The molecule has 1 aromatic heterocycles. The minimum Gasteiger partial charge on any atom is -0.349 e. The third-order valence-electron chi connectivity index (χ3n) is 2.94. The van der Waals surface area contributed by atoms with E-state index in [1.807, 2.05) is 20.1 Å². The van der Waals surface area contributed by atoms with Crippen LogP contribution in [0.15, 0.2) is 32.9 Å². The second-order valence-electron chi connectivity index (χ2n) is 4.58. The van der Waals surface area contributed by atoms with E-state index in [0.717, 1.165) is 14.2 Å². The van der Waals surface area contributed by atoms with Crippen molar-refractivity contribution >= 4 is 40.8 Å². The summed E-state index contributed by atoms with van der Waals surface area (Å²) >= 11 is 4.40. The number of nitrogens with one attached hydrogen (secondary N) is 1. The number of amides is 1. The Morgan fingerprint density at radius 2 is 1.86 bits per heavy atom. The SMILES string of the molecule is CSc1nnc(S[C@H](C)C(=O)N[C@H](C)c2ccc(F)cc2)s1. The van der Waals surface area contributed by atoms with Crippen LogP contribution < -0.4 is 5.32 Å². The predicted molar refractivity (Wildman–Crippen MR) is 90.0 cm³/mol. The van der Waals surface area contributed by atoms with Gasteiger partial charge in [-0.3, -0.25) is 4.79 Å². The van der Waals surface area contributed by atoms with Crippen molar-refractivity contribution in [1.29, 1.82) is 0 Å². The smallest absolute Gasteiger partial charge is 0.233 e. The van der Waals surface area contributed by atoms with Gasteiger partial charge in [0.25, 0.3) is 0 Å². The molecule has 4 nitrogen and oxygen atoms in total. The zero-order valence-corrected chi connectivity index (χ0v) is 14.8. The van der Waals surface area contributed by atoms with Gasteiger partial charge in [0.2, 0.25) is 5.91 Å². The quantitative estimate of drug-likeness (QED) is 0.798. The Bertz CT molecular complexity index is 633. The summed E-state index contributed by atoms with van der Waals surface area (Å²) in [5.41, 5.74) is 0.868. The Balaban J connectivity index is 1.91. The highest BCUT2D eigenvalue weighted by Crippen LogP contribution is 2.30. The lowest BCUT2D eigenvalue weighted by Gasteiger charge is -2.17. The molecule has 2 rings (SSSR count). The summed E-state index contributed by atoms with van der Waals surface area (Å²) in [7, 11) is 0. The van der Waals surface area contributed by atoms with E-state index in [4.69, 9.17) is 0 Å². The normalized spacial score (nSPS) is 13.6. The van der Waals surface area contributed by atoms with E-state index in [9.17, 15) is 9.18 Å². The fraction of sp³-hybridized carbons (Fsp3) is 0.357. The van der Waals surface area contributed by atoms with Crippen LogP contribution in [0.4, 0.5) is 4.39 Å². The van der Waals surface area contributed by atoms with Crippen molar-refractivity contribution in [3.05, 3.63) is 35.6 Å². The number of carbonyl (C=O) groups excluding carboxylic acids is 1. The molecule has 1 amide bonds. The standard InChI is InChI=1S/C14H16FN3OS3/c1-8(10-4-6-11(15)7-5-10)16-12(19)9(2)21-14-18-17-13(20-3)22-14/h4-9H,1-3H3,(H,16,19)/t8-,9-/m1/s1. The maximum Gasteiger partial charge on any atom is 0.233 e. The first-order valence-electron chi connectivity index (χ1n) is 6.59. The van der Waals surface area contributed by atoms with Crippen molar-refractivity contribution in [3.63, 3.8) is 0 Å². The summed E-state index contributed by atoms with van der Waals surface area (Å²) < 4.78 is 14.6. The summed E-state index contributed by atoms with van der Waals surface area (Å²) in [6.07, 6.45) is 1.94. The van der Waals surface area contributed by atoms with Crippen LogP contribution in [0.5, 0.6) is 0 Å². The van der Waals surface area contributed by atoms with Gasteiger partial charge in [0.05, 0.1) is 11.3 Å². The van der Waals surface area contributed by atoms with Crippen molar-refractivity contribution in [3.8, 4) is 0 Å². The number of hydrogen-bond acceptors (Lipinski definition) is 6. The molecule has 0 aliphatic carbocycles. The van der Waals surface area contributed by atoms with Crippen LogP contribution in [0.1, 0.15) is 25.5 Å². The van der Waals surface area contributed by atoms with Gasteiger partial charge in [-0.15, -0.1) is 10.2 Å². The second-order valence-corrected chi connectivity index (χ2v) is 8.20. The lowest BCUT2D eigenvalue weighted by molar-refractivity contribution is -0.120. The van der Waals surface area contributed by atoms with E-state index < -0.39 is 0 Å². The molecule has 0 spiro atoms. The number of aromatic nitrogens is 2. The molecule has 2 atom stereocenters. The van der Waals surface area contributed by atoms with Gasteiger partial charge in [0, 0.05) is 0 Å². The lowest BCUT2D eigenvalue weighted by atomic mass is 10.1. The zero-order valence-electron chi connectivity index (χ0n) is 12.4. The first kappa shape index (κ1) is 17.2. The van der Waals surface area contributed by atoms with Gasteiger partial charge in [0.15, 0.2) is 8.68 Å². The molecule has 0 radical (unpaired) electrons. The van der Waals surface area contributed by atoms with E-state index in [2.05, 4.69) is 15.5 Å². The number of thioether (sulfide) groups is 2. The largest absolute Gasteiger partial charge is 0.349 e. The Labute approximate surface area is 141 Å². The average molecular weight is 358 g/mol. The fourth-order valence-corrected chi connectivity index (χ4v) is 4.29. The van der Waals surface area contributed by atoms with E-state index >= 15 is 0 Å². The van der Waals surface area contributed by atoms with Gasteiger partial charge in [-0.1, -0.05) is 47.0 Å². The summed E-state index contributed by atoms with van der Waals surface area (Å²) in [6, 6.07) is 5.96. The van der Waals surface area contributed by atoms with Crippen LogP contribution in [-0.2, 0) is 4.79 Å². The highest BCUT2D eigenvalue weighted by molar-refractivity contribution is 8.03. The third-order valence-corrected chi connectivity index (χ3v) is 6.02. The molecule has 1 aromatic carbocycles. The van der Waals surface area contributed by atoms with Gasteiger partial charge >= 0.3 is 0 Å². The molecule has 22 heavy (non-hydrogen) atoms. The van der Waals surface area contributed by atoms with Crippen LogP contribution in [0, 0.1) is 5.82 Å². The molecule has 1 heterocycles. The number of halogens is 1. The Morgan fingerprint density at radius 3 is 2.45 bits per heavy atom. The monoisotopic (exact) mass is 357 g/mol. The molecule has 0 unspecified atom stereocenters. The number of benzene rings is 1. The molecule has 0 saturated heterocycles. The van der Waals surface area contributed by atoms with Crippen molar-refractivity contribution in [2.24, 2.45) is 0 Å². The molecular formula is C14H16FN3OS3. The predicted octanol–water partition coefficient (Wildman–Crippen LogP) is 3.76. The second kappa shape index (κ2) is 7.94. The number of nitrogens with zero attached hydrogens (tertiary/aromatic N) is 2. The fourth-order valence-electron chi connectivity index (χ4n) is 1.70. The zero-order chi connectivity index (χ0) is 16.1. The molecule has 0 aliphatic rings. The minimum absolute atomic E-state index is 0.0808. The van der Waals surface area contributed by atoms with Crippen LogP contribution in [0.2, 0.25) is 0 Å². The molecule has 8 heteroatoms. The van der Waals surface area contributed by atoms with Crippen LogP contribution in [0.3, 0.4) is 0 Å². The first-order valence-corrected chi connectivity index (χ1v) is 9.51. The van der Waals surface area contributed by atoms with Crippen LogP contribution in [0.25, 0.3) is 0 Å². The maximum absolute atomic E-state index is 12.9. The van der Waals surface area contributed by atoms with Gasteiger partial charge in [0.1, 0.15) is 5.82 Å². The van der Waals surface area contributed by atoms with Crippen LogP contribution in [-0.4, -0.2) is 27.6 Å². The van der Waals surface area contributed by atoms with Gasteiger partial charge in [-0.2, -0.15) is 0 Å². The number of hydrogen-bond donors (Lipinski definition) is 1. The number of carbonyl (C=O) groups is 1. The Kier molecular flexibility index (Phi) is 6.22. The van der Waals surface area contributed by atoms with Crippen molar-refractivity contribution < 1.29 is 9.18 Å². The van der Waals surface area contributed by atoms with E-state index in [1.165, 1.54) is 47.0 Å². The lowest BCUT2D eigenvalue weighted by Crippen LogP contribution is -2.33. The van der Waals surface area contributed by atoms with Crippen molar-refractivity contribution in [1.82, 2.24) is 15.5 Å². The van der Waals surface area contributed by atoms with E-state index in [0.29, 0.717) is 0 Å². The molecule has 0 fully saturated rings. The Morgan fingerprint density at radius 1 is 1.23 bits per heavy atom. The molecule has 0 saturated carbocycles. The summed E-state index contributed by atoms with van der Waals surface area (Å²) in [5.74, 6) is -0.366. The highest BCUT2D eigenvalue weighted by Gasteiger charge is 2.19. The summed E-state index contributed by atoms with van der Waals surface area (Å²) in [5, 5.41) is 10.7. The van der Waals surface area contributed by atoms with Gasteiger partial charge in [-0.05, 0) is 37.8 Å². The Hall–Kier alpha value is -1.12. The highest BCUT2D eigenvalue weighted by atomic mass is 32.2. The molecule has 0 bridgehead atoms. The molecule has 2 aromatic rings. The number of rotatable bonds is 6. The summed E-state index contributed by atoms with van der Waals surface area (Å²) in [4.78, 5) is 12.2. The van der Waals surface area contributed by atoms with E-state index in [1.54, 1.807) is 12.1 Å². The topological polar surface area (TPSA) is 54.9 Å². The molecule has 0 aliphatic heterocycles. The van der Waals surface area contributed by atoms with Crippen molar-refractivity contribution in [2.75, 3.05) is 6.26 Å². The van der Waals surface area contributed by atoms with E-state index in [-0.39, 0.29) is 23.0 Å². The van der Waals surface area contributed by atoms with Gasteiger partial charge in [-0.25, -0.2) is 4.39 Å². The maximum atomic E-state index is 12.9. The molecular weight excluding hydrogens is 341 g/mol. The van der Waals surface area contributed by atoms with Crippen molar-refractivity contribution in [2.45, 2.75) is 33.8 Å². The third kappa shape index (κ3) is 4.69. The van der Waals surface area contributed by atoms with Gasteiger partial charge < -0.3 is 5.32 Å². The molecule has 118 valence electrons. The minimum atomic E-state index is -0.285.